The van der Waals surface area contributed by atoms with E-state index in [0.29, 0.717) is 11.3 Å². The normalized spacial score (nSPS) is 14.8. The Bertz CT molecular complexity index is 458. The van der Waals surface area contributed by atoms with Gasteiger partial charge < -0.3 is 4.90 Å². The second kappa shape index (κ2) is 6.38. The van der Waals surface area contributed by atoms with Gasteiger partial charge in [0.05, 0.1) is 5.75 Å². The zero-order chi connectivity index (χ0) is 13.0. The lowest BCUT2D eigenvalue weighted by atomic mass is 10.2. The van der Waals surface area contributed by atoms with Gasteiger partial charge in [-0.15, -0.1) is 11.8 Å². The van der Waals surface area contributed by atoms with Crippen LogP contribution in [0.4, 0.5) is 0 Å². The van der Waals surface area contributed by atoms with E-state index < -0.39 is 0 Å². The Balaban J connectivity index is 1.91. The van der Waals surface area contributed by atoms with Crippen molar-refractivity contribution in [2.45, 2.75) is 17.7 Å². The molecule has 0 bridgehead atoms. The Morgan fingerprint density at radius 2 is 2.11 bits per heavy atom. The first-order valence-corrected chi connectivity index (χ1v) is 7.64. The zero-order valence-electron chi connectivity index (χ0n) is 9.89. The lowest BCUT2D eigenvalue weighted by molar-refractivity contribution is -0.127. The first-order chi connectivity index (χ1) is 8.70. The molecular formula is C13H14BrNO2S. The predicted molar refractivity (Wildman–Crippen MR) is 76.1 cm³/mol. The maximum absolute atomic E-state index is 11.9. The van der Waals surface area contributed by atoms with Crippen LogP contribution >= 0.6 is 27.7 Å². The minimum atomic E-state index is 0.202. The SMILES string of the molecule is O=Cc1ccc(SCC(=O)N2CCCC2)cc1Br. The molecule has 1 amide bonds. The number of rotatable bonds is 4. The fourth-order valence-corrected chi connectivity index (χ4v) is 3.36. The molecule has 0 aromatic heterocycles. The molecule has 1 fully saturated rings. The lowest BCUT2D eigenvalue weighted by Crippen LogP contribution is -2.29. The number of likely N-dealkylation sites (tertiary alicyclic amines) is 1. The zero-order valence-corrected chi connectivity index (χ0v) is 12.3. The van der Waals surface area contributed by atoms with Gasteiger partial charge in [-0.05, 0) is 31.0 Å². The molecule has 1 heterocycles. The van der Waals surface area contributed by atoms with E-state index in [0.717, 1.165) is 41.6 Å². The van der Waals surface area contributed by atoms with Crippen LogP contribution in [0.2, 0.25) is 0 Å². The highest BCUT2D eigenvalue weighted by atomic mass is 79.9. The average Bonchev–Trinajstić information content (AvgIpc) is 2.90. The third-order valence-electron chi connectivity index (χ3n) is 2.92. The molecule has 0 unspecified atom stereocenters. The Hall–Kier alpha value is -0.810. The Kier molecular flexibility index (Phi) is 4.83. The van der Waals surface area contributed by atoms with Gasteiger partial charge in [0.25, 0.3) is 0 Å². The van der Waals surface area contributed by atoms with E-state index in [1.54, 1.807) is 6.07 Å². The van der Waals surface area contributed by atoms with Crippen molar-refractivity contribution in [3.63, 3.8) is 0 Å². The molecule has 0 N–H and O–H groups in total. The molecule has 1 aromatic rings. The average molecular weight is 328 g/mol. The molecular weight excluding hydrogens is 314 g/mol. The lowest BCUT2D eigenvalue weighted by Gasteiger charge is -2.14. The summed E-state index contributed by atoms with van der Waals surface area (Å²) in [6.07, 6.45) is 3.06. The Morgan fingerprint density at radius 3 is 2.72 bits per heavy atom. The van der Waals surface area contributed by atoms with Crippen LogP contribution in [0.25, 0.3) is 0 Å². The van der Waals surface area contributed by atoms with E-state index in [1.165, 1.54) is 11.8 Å². The fraction of sp³-hybridized carbons (Fsp3) is 0.385. The maximum atomic E-state index is 11.9. The van der Waals surface area contributed by atoms with Crippen molar-refractivity contribution in [2.75, 3.05) is 18.8 Å². The molecule has 96 valence electrons. The number of nitrogens with zero attached hydrogens (tertiary/aromatic N) is 1. The van der Waals surface area contributed by atoms with Gasteiger partial charge in [-0.1, -0.05) is 15.9 Å². The molecule has 0 spiro atoms. The van der Waals surface area contributed by atoms with Gasteiger partial charge in [0.1, 0.15) is 0 Å². The Morgan fingerprint density at radius 1 is 1.39 bits per heavy atom. The number of benzene rings is 1. The van der Waals surface area contributed by atoms with Crippen LogP contribution < -0.4 is 0 Å². The van der Waals surface area contributed by atoms with Crippen molar-refractivity contribution in [3.05, 3.63) is 28.2 Å². The van der Waals surface area contributed by atoms with Crippen molar-refractivity contribution >= 4 is 39.9 Å². The second-order valence-corrected chi connectivity index (χ2v) is 6.08. The van der Waals surface area contributed by atoms with Crippen molar-refractivity contribution < 1.29 is 9.59 Å². The standard InChI is InChI=1S/C13H14BrNO2S/c14-12-7-11(4-3-10(12)8-16)18-9-13(17)15-5-1-2-6-15/h3-4,7-8H,1-2,5-6,9H2. The van der Waals surface area contributed by atoms with Gasteiger partial charge >= 0.3 is 0 Å². The molecule has 0 aliphatic carbocycles. The quantitative estimate of drug-likeness (QED) is 0.630. The molecule has 1 aromatic carbocycles. The minimum absolute atomic E-state index is 0.202. The van der Waals surface area contributed by atoms with E-state index >= 15 is 0 Å². The monoisotopic (exact) mass is 327 g/mol. The van der Waals surface area contributed by atoms with Crippen molar-refractivity contribution in [2.24, 2.45) is 0 Å². The van der Waals surface area contributed by atoms with Gasteiger partial charge in [0.15, 0.2) is 6.29 Å². The summed E-state index contributed by atoms with van der Waals surface area (Å²) in [4.78, 5) is 25.5. The van der Waals surface area contributed by atoms with Crippen LogP contribution in [-0.4, -0.2) is 35.9 Å². The molecule has 0 saturated carbocycles. The molecule has 3 nitrogen and oxygen atoms in total. The van der Waals surface area contributed by atoms with E-state index in [4.69, 9.17) is 0 Å². The summed E-state index contributed by atoms with van der Waals surface area (Å²) < 4.78 is 0.774. The van der Waals surface area contributed by atoms with Crippen molar-refractivity contribution in [1.82, 2.24) is 4.90 Å². The van der Waals surface area contributed by atoms with Crippen LogP contribution in [0.1, 0.15) is 23.2 Å². The minimum Gasteiger partial charge on any atom is -0.342 e. The number of thioether (sulfide) groups is 1. The first kappa shape index (κ1) is 13.6. The second-order valence-electron chi connectivity index (χ2n) is 4.18. The molecule has 18 heavy (non-hydrogen) atoms. The third kappa shape index (κ3) is 3.36. The summed E-state index contributed by atoms with van der Waals surface area (Å²) in [5, 5.41) is 0. The van der Waals surface area contributed by atoms with E-state index in [1.807, 2.05) is 17.0 Å². The number of halogens is 1. The van der Waals surface area contributed by atoms with Crippen LogP contribution in [0.5, 0.6) is 0 Å². The summed E-state index contributed by atoms with van der Waals surface area (Å²) in [5.74, 6) is 0.667. The van der Waals surface area contributed by atoms with Crippen molar-refractivity contribution in [1.29, 1.82) is 0 Å². The number of aldehydes is 1. The first-order valence-electron chi connectivity index (χ1n) is 5.86. The fourth-order valence-electron chi connectivity index (χ4n) is 1.90. The van der Waals surface area contributed by atoms with E-state index in [9.17, 15) is 9.59 Å². The molecule has 5 heteroatoms. The number of amides is 1. The van der Waals surface area contributed by atoms with Gasteiger partial charge in [0, 0.05) is 28.0 Å². The molecule has 1 saturated heterocycles. The molecule has 2 rings (SSSR count). The Labute approximate surface area is 119 Å². The van der Waals surface area contributed by atoms with Crippen LogP contribution in [0.3, 0.4) is 0 Å². The molecule has 1 aliphatic rings. The highest BCUT2D eigenvalue weighted by Crippen LogP contribution is 2.25. The highest BCUT2D eigenvalue weighted by molar-refractivity contribution is 9.10. The number of hydrogen-bond donors (Lipinski definition) is 0. The van der Waals surface area contributed by atoms with Crippen LogP contribution in [0.15, 0.2) is 27.6 Å². The summed E-state index contributed by atoms with van der Waals surface area (Å²) >= 11 is 4.85. The summed E-state index contributed by atoms with van der Waals surface area (Å²) in [5.41, 5.74) is 0.630. The van der Waals surface area contributed by atoms with Gasteiger partial charge in [0.2, 0.25) is 5.91 Å². The smallest absolute Gasteiger partial charge is 0.232 e. The van der Waals surface area contributed by atoms with E-state index in [2.05, 4.69) is 15.9 Å². The van der Waals surface area contributed by atoms with Crippen LogP contribution in [0, 0.1) is 0 Å². The molecule has 0 atom stereocenters. The van der Waals surface area contributed by atoms with Gasteiger partial charge in [-0.25, -0.2) is 0 Å². The topological polar surface area (TPSA) is 37.4 Å². The number of carbonyl (C=O) groups is 2. The predicted octanol–water partition coefficient (Wildman–Crippen LogP) is 2.98. The van der Waals surface area contributed by atoms with Gasteiger partial charge in [-0.3, -0.25) is 9.59 Å². The summed E-state index contributed by atoms with van der Waals surface area (Å²) in [6.45, 7) is 1.79. The summed E-state index contributed by atoms with van der Waals surface area (Å²) in [6, 6.07) is 5.52. The van der Waals surface area contributed by atoms with Crippen molar-refractivity contribution in [3.8, 4) is 0 Å². The molecule has 1 aliphatic heterocycles. The highest BCUT2D eigenvalue weighted by Gasteiger charge is 2.17. The third-order valence-corrected chi connectivity index (χ3v) is 4.59. The van der Waals surface area contributed by atoms with Gasteiger partial charge in [-0.2, -0.15) is 0 Å². The number of hydrogen-bond acceptors (Lipinski definition) is 3. The van der Waals surface area contributed by atoms with Crippen LogP contribution in [-0.2, 0) is 4.79 Å². The van der Waals surface area contributed by atoms with E-state index in [-0.39, 0.29) is 5.91 Å². The molecule has 0 radical (unpaired) electrons. The summed E-state index contributed by atoms with van der Waals surface area (Å²) in [7, 11) is 0. The number of carbonyl (C=O) groups excluding carboxylic acids is 2. The maximum Gasteiger partial charge on any atom is 0.232 e. The largest absolute Gasteiger partial charge is 0.342 e.